The maximum Gasteiger partial charge on any atom is 0.300 e. The fourth-order valence-corrected chi connectivity index (χ4v) is 2.19. The van der Waals surface area contributed by atoms with Crippen LogP contribution in [-0.4, -0.2) is 21.3 Å². The molecule has 3 rings (SSSR count). The van der Waals surface area contributed by atoms with Crippen molar-refractivity contribution < 1.29 is 9.55 Å². The molecular weight excluding hydrogens is 236 g/mol. The second-order valence-corrected chi connectivity index (χ2v) is 4.51. The number of nitro groups is 1. The lowest BCUT2D eigenvalue weighted by molar-refractivity contribution is -0.383. The van der Waals surface area contributed by atoms with Crippen LogP contribution in [0.1, 0.15) is 19.8 Å². The van der Waals surface area contributed by atoms with Gasteiger partial charge in [0.1, 0.15) is 0 Å². The summed E-state index contributed by atoms with van der Waals surface area (Å²) in [6, 6.07) is 3.52. The SMILES string of the molecule is CCC1CC1Nc1ccc([N+](=O)[O-])c2nonc12. The first-order valence-corrected chi connectivity index (χ1v) is 5.87. The zero-order chi connectivity index (χ0) is 12.7. The third-order valence-electron chi connectivity index (χ3n) is 3.38. The van der Waals surface area contributed by atoms with Crippen molar-refractivity contribution >= 4 is 22.4 Å². The van der Waals surface area contributed by atoms with E-state index in [2.05, 4.69) is 27.2 Å². The average molecular weight is 248 g/mol. The van der Waals surface area contributed by atoms with E-state index in [0.717, 1.165) is 18.5 Å². The number of nitrogens with one attached hydrogen (secondary N) is 1. The number of nitrogens with zero attached hydrogens (tertiary/aromatic N) is 3. The quantitative estimate of drug-likeness (QED) is 0.659. The van der Waals surface area contributed by atoms with Crippen molar-refractivity contribution in [1.82, 2.24) is 10.3 Å². The van der Waals surface area contributed by atoms with Crippen molar-refractivity contribution in [3.8, 4) is 0 Å². The molecule has 94 valence electrons. The minimum absolute atomic E-state index is 0.0837. The number of benzene rings is 1. The Kier molecular flexibility index (Phi) is 2.39. The smallest absolute Gasteiger partial charge is 0.300 e. The maximum absolute atomic E-state index is 10.8. The van der Waals surface area contributed by atoms with E-state index < -0.39 is 4.92 Å². The van der Waals surface area contributed by atoms with Crippen LogP contribution in [0.5, 0.6) is 0 Å². The summed E-state index contributed by atoms with van der Waals surface area (Å²) in [6.07, 6.45) is 2.26. The van der Waals surface area contributed by atoms with Gasteiger partial charge in [0, 0.05) is 12.1 Å². The van der Waals surface area contributed by atoms with Crippen LogP contribution in [0.2, 0.25) is 0 Å². The zero-order valence-electron chi connectivity index (χ0n) is 9.79. The van der Waals surface area contributed by atoms with Crippen molar-refractivity contribution in [2.24, 2.45) is 5.92 Å². The predicted octanol–water partition coefficient (Wildman–Crippen LogP) is 2.34. The van der Waals surface area contributed by atoms with Crippen LogP contribution < -0.4 is 5.32 Å². The molecule has 7 nitrogen and oxygen atoms in total. The van der Waals surface area contributed by atoms with Gasteiger partial charge in [0.15, 0.2) is 5.52 Å². The van der Waals surface area contributed by atoms with Crippen molar-refractivity contribution in [3.63, 3.8) is 0 Å². The Morgan fingerprint density at radius 3 is 2.94 bits per heavy atom. The molecule has 1 aliphatic carbocycles. The van der Waals surface area contributed by atoms with Crippen molar-refractivity contribution in [1.29, 1.82) is 0 Å². The van der Waals surface area contributed by atoms with Gasteiger partial charge in [0.25, 0.3) is 0 Å². The molecule has 0 amide bonds. The fraction of sp³-hybridized carbons (Fsp3) is 0.455. The van der Waals surface area contributed by atoms with Crippen LogP contribution in [0.3, 0.4) is 0 Å². The van der Waals surface area contributed by atoms with Crippen LogP contribution in [0.15, 0.2) is 16.8 Å². The molecule has 2 atom stereocenters. The van der Waals surface area contributed by atoms with Gasteiger partial charge >= 0.3 is 5.69 Å². The standard InChI is InChI=1S/C11H12N4O3/c1-2-6-5-8(6)12-7-3-4-9(15(16)17)11-10(7)13-18-14-11/h3-4,6,8,12H,2,5H2,1H3. The highest BCUT2D eigenvalue weighted by Gasteiger charge is 2.36. The minimum atomic E-state index is -0.484. The zero-order valence-corrected chi connectivity index (χ0v) is 9.79. The molecule has 0 saturated heterocycles. The van der Waals surface area contributed by atoms with E-state index in [-0.39, 0.29) is 11.2 Å². The lowest BCUT2D eigenvalue weighted by Gasteiger charge is -2.04. The van der Waals surface area contributed by atoms with E-state index in [9.17, 15) is 10.1 Å². The highest BCUT2D eigenvalue weighted by Crippen LogP contribution is 2.38. The van der Waals surface area contributed by atoms with Gasteiger partial charge in [-0.15, -0.1) is 0 Å². The second kappa shape index (κ2) is 3.94. The summed E-state index contributed by atoms with van der Waals surface area (Å²) in [5.74, 6) is 0.676. The summed E-state index contributed by atoms with van der Waals surface area (Å²) in [5.41, 5.74) is 1.28. The van der Waals surface area contributed by atoms with Crippen molar-refractivity contribution in [2.75, 3.05) is 5.32 Å². The molecule has 1 aliphatic rings. The molecule has 2 aromatic rings. The highest BCUT2D eigenvalue weighted by molar-refractivity contribution is 5.93. The molecule has 0 bridgehead atoms. The van der Waals surface area contributed by atoms with Crippen molar-refractivity contribution in [3.05, 3.63) is 22.2 Å². The molecular formula is C11H12N4O3. The van der Waals surface area contributed by atoms with E-state index in [4.69, 9.17) is 0 Å². The highest BCUT2D eigenvalue weighted by atomic mass is 16.6. The molecule has 2 unspecified atom stereocenters. The van der Waals surface area contributed by atoms with Crippen LogP contribution in [0.4, 0.5) is 11.4 Å². The maximum atomic E-state index is 10.8. The number of nitro benzene ring substituents is 1. The second-order valence-electron chi connectivity index (χ2n) is 4.51. The van der Waals surface area contributed by atoms with Crippen LogP contribution in [-0.2, 0) is 0 Å². The summed E-state index contributed by atoms with van der Waals surface area (Å²) in [4.78, 5) is 10.3. The number of aromatic nitrogens is 2. The number of fused-ring (bicyclic) bond motifs is 1. The van der Waals surface area contributed by atoms with Gasteiger partial charge in [-0.2, -0.15) is 0 Å². The Bertz CT molecular complexity index is 609. The molecule has 0 radical (unpaired) electrons. The molecule has 0 spiro atoms. The Balaban J connectivity index is 1.96. The normalized spacial score (nSPS) is 22.1. The first kappa shape index (κ1) is 10.9. The summed E-state index contributed by atoms with van der Waals surface area (Å²) in [7, 11) is 0. The monoisotopic (exact) mass is 248 g/mol. The van der Waals surface area contributed by atoms with Gasteiger partial charge in [-0.05, 0) is 28.7 Å². The Morgan fingerprint density at radius 1 is 1.50 bits per heavy atom. The molecule has 1 aromatic heterocycles. The predicted molar refractivity (Wildman–Crippen MR) is 64.3 cm³/mol. The lowest BCUT2D eigenvalue weighted by Crippen LogP contribution is -2.05. The van der Waals surface area contributed by atoms with E-state index in [1.54, 1.807) is 6.07 Å². The van der Waals surface area contributed by atoms with Crippen LogP contribution >= 0.6 is 0 Å². The van der Waals surface area contributed by atoms with Crippen molar-refractivity contribution in [2.45, 2.75) is 25.8 Å². The number of hydrogen-bond donors (Lipinski definition) is 1. The van der Waals surface area contributed by atoms with E-state index in [0.29, 0.717) is 17.5 Å². The molecule has 1 saturated carbocycles. The Hall–Kier alpha value is -2.18. The van der Waals surface area contributed by atoms with E-state index >= 15 is 0 Å². The molecule has 18 heavy (non-hydrogen) atoms. The van der Waals surface area contributed by atoms with Gasteiger partial charge in [0.05, 0.1) is 10.6 Å². The Morgan fingerprint density at radius 2 is 2.28 bits per heavy atom. The van der Waals surface area contributed by atoms with E-state index in [1.807, 2.05) is 0 Å². The number of anilines is 1. The lowest BCUT2D eigenvalue weighted by atomic mass is 10.2. The molecule has 1 N–H and O–H groups in total. The summed E-state index contributed by atoms with van der Waals surface area (Å²) < 4.78 is 4.61. The van der Waals surface area contributed by atoms with Gasteiger partial charge in [-0.1, -0.05) is 13.3 Å². The van der Waals surface area contributed by atoms with Gasteiger partial charge in [0.2, 0.25) is 5.52 Å². The number of hydrogen-bond acceptors (Lipinski definition) is 6. The third kappa shape index (κ3) is 1.68. The molecule has 7 heteroatoms. The summed E-state index contributed by atoms with van der Waals surface area (Å²) in [5, 5.41) is 21.5. The van der Waals surface area contributed by atoms with Crippen LogP contribution in [0.25, 0.3) is 11.0 Å². The number of non-ortho nitro benzene ring substituents is 1. The number of rotatable bonds is 4. The fourth-order valence-electron chi connectivity index (χ4n) is 2.19. The van der Waals surface area contributed by atoms with E-state index in [1.165, 1.54) is 6.07 Å². The van der Waals surface area contributed by atoms with Gasteiger partial charge in [-0.3, -0.25) is 10.1 Å². The van der Waals surface area contributed by atoms with Gasteiger partial charge in [-0.25, -0.2) is 4.63 Å². The van der Waals surface area contributed by atoms with Gasteiger partial charge < -0.3 is 5.32 Å². The first-order valence-electron chi connectivity index (χ1n) is 5.87. The average Bonchev–Trinajstić information content (AvgIpc) is 2.91. The third-order valence-corrected chi connectivity index (χ3v) is 3.38. The molecule has 1 aromatic carbocycles. The first-order chi connectivity index (χ1) is 8.70. The Labute approximate surface area is 102 Å². The minimum Gasteiger partial charge on any atom is -0.380 e. The summed E-state index contributed by atoms with van der Waals surface area (Å²) in [6.45, 7) is 2.15. The largest absolute Gasteiger partial charge is 0.380 e. The topological polar surface area (TPSA) is 94.1 Å². The molecule has 0 aliphatic heterocycles. The summed E-state index contributed by atoms with van der Waals surface area (Å²) >= 11 is 0. The molecule has 1 heterocycles. The molecule has 1 fully saturated rings. The van der Waals surface area contributed by atoms with Crippen LogP contribution in [0, 0.1) is 16.0 Å².